The van der Waals surface area contributed by atoms with Crippen LogP contribution in [0.2, 0.25) is 0 Å². The number of hydrogen-bond donors (Lipinski definition) is 0. The van der Waals surface area contributed by atoms with Crippen molar-refractivity contribution >= 4 is 5.78 Å². The summed E-state index contributed by atoms with van der Waals surface area (Å²) < 4.78 is 43.5. The molecule has 1 heterocycles. The molecule has 0 unspecified atom stereocenters. The van der Waals surface area contributed by atoms with E-state index in [1.165, 1.54) is 36.5 Å². The summed E-state index contributed by atoms with van der Waals surface area (Å²) in [6, 6.07) is 17.0. The minimum atomic E-state index is -4.53. The smallest absolute Gasteiger partial charge is 0.422 e. The number of nitriles is 1. The van der Waals surface area contributed by atoms with Gasteiger partial charge in [0.05, 0.1) is 22.9 Å². The molecule has 0 radical (unpaired) electrons. The molecule has 2 aromatic carbocycles. The molecule has 0 spiro atoms. The molecule has 0 aliphatic carbocycles. The molecule has 0 saturated carbocycles. The number of para-hydroxylation sites is 2. The third kappa shape index (κ3) is 4.94. The first-order valence-corrected chi connectivity index (χ1v) is 8.81. The third-order valence-electron chi connectivity index (χ3n) is 4.21. The van der Waals surface area contributed by atoms with Crippen molar-refractivity contribution in [2.75, 3.05) is 6.61 Å². The molecule has 30 heavy (non-hydrogen) atoms. The Labute approximate surface area is 169 Å². The second-order valence-corrected chi connectivity index (χ2v) is 6.38. The molecule has 0 N–H and O–H groups in total. The average Bonchev–Trinajstić information content (AvgIpc) is 2.72. The number of carbonyl (C=O) groups is 1. The molecule has 0 aliphatic heterocycles. The second kappa shape index (κ2) is 8.66. The third-order valence-corrected chi connectivity index (χ3v) is 4.21. The van der Waals surface area contributed by atoms with Crippen LogP contribution in [0, 0.1) is 11.3 Å². The summed E-state index contributed by atoms with van der Waals surface area (Å²) in [5, 5.41) is 8.84. The Balaban J connectivity index is 1.91. The Morgan fingerprint density at radius 1 is 1.03 bits per heavy atom. The molecule has 152 valence electrons. The van der Waals surface area contributed by atoms with E-state index < -0.39 is 24.1 Å². The molecule has 0 fully saturated rings. The number of rotatable bonds is 6. The number of nitrogens with zero attached hydrogens (tertiary/aromatic N) is 2. The summed E-state index contributed by atoms with van der Waals surface area (Å²) in [4.78, 5) is 25.5. The summed E-state index contributed by atoms with van der Waals surface area (Å²) in [6.07, 6.45) is -3.23. The van der Waals surface area contributed by atoms with Gasteiger partial charge in [-0.3, -0.25) is 14.2 Å². The lowest BCUT2D eigenvalue weighted by molar-refractivity contribution is -0.153. The van der Waals surface area contributed by atoms with Crippen molar-refractivity contribution < 1.29 is 22.7 Å². The number of ketones is 1. The zero-order valence-electron chi connectivity index (χ0n) is 15.5. The summed E-state index contributed by atoms with van der Waals surface area (Å²) >= 11 is 0. The first-order valence-electron chi connectivity index (χ1n) is 8.81. The number of benzene rings is 2. The van der Waals surface area contributed by atoms with Gasteiger partial charge in [-0.1, -0.05) is 24.3 Å². The first-order chi connectivity index (χ1) is 14.3. The number of hydrogen-bond acceptors (Lipinski definition) is 4. The molecule has 0 aliphatic rings. The predicted molar refractivity (Wildman–Crippen MR) is 103 cm³/mol. The Morgan fingerprint density at radius 2 is 1.73 bits per heavy atom. The standard InChI is InChI=1S/C22H15F3N2O3/c23-22(24,25)14-30-20-6-2-1-5-18(20)27-11-3-4-17(21(27)29)19(28)12-15-7-9-16(13-26)10-8-15/h1-11H,12,14H2. The molecule has 3 rings (SSSR count). The van der Waals surface area contributed by atoms with Gasteiger partial charge in [0.1, 0.15) is 5.75 Å². The zero-order valence-corrected chi connectivity index (χ0v) is 15.5. The molecule has 0 saturated heterocycles. The Bertz CT molecular complexity index is 1160. The van der Waals surface area contributed by atoms with Gasteiger partial charge in [-0.15, -0.1) is 0 Å². The van der Waals surface area contributed by atoms with Crippen LogP contribution >= 0.6 is 0 Å². The fraction of sp³-hybridized carbons (Fsp3) is 0.136. The second-order valence-electron chi connectivity index (χ2n) is 6.38. The number of halogens is 3. The summed E-state index contributed by atoms with van der Waals surface area (Å²) in [5.74, 6) is -0.582. The van der Waals surface area contributed by atoms with Gasteiger partial charge in [-0.25, -0.2) is 0 Å². The van der Waals surface area contributed by atoms with Gasteiger partial charge in [-0.05, 0) is 42.0 Å². The van der Waals surface area contributed by atoms with Crippen LogP contribution in [-0.4, -0.2) is 23.1 Å². The molecular weight excluding hydrogens is 397 g/mol. The molecule has 1 aromatic heterocycles. The van der Waals surface area contributed by atoms with Gasteiger partial charge < -0.3 is 4.74 Å². The normalized spacial score (nSPS) is 11.0. The van der Waals surface area contributed by atoms with Gasteiger partial charge in [0.25, 0.3) is 5.56 Å². The van der Waals surface area contributed by atoms with Gasteiger partial charge in [0.15, 0.2) is 12.4 Å². The highest BCUT2D eigenvalue weighted by Gasteiger charge is 2.29. The van der Waals surface area contributed by atoms with E-state index in [1.54, 1.807) is 30.3 Å². The van der Waals surface area contributed by atoms with Crippen LogP contribution in [0.1, 0.15) is 21.5 Å². The molecule has 8 heteroatoms. The van der Waals surface area contributed by atoms with Crippen LogP contribution in [-0.2, 0) is 6.42 Å². The van der Waals surface area contributed by atoms with E-state index in [-0.39, 0.29) is 23.4 Å². The maximum Gasteiger partial charge on any atom is 0.422 e. The quantitative estimate of drug-likeness (QED) is 0.572. The zero-order chi connectivity index (χ0) is 21.7. The van der Waals surface area contributed by atoms with Crippen molar-refractivity contribution in [1.82, 2.24) is 4.57 Å². The predicted octanol–water partition coefficient (Wildman–Crippen LogP) is 4.08. The van der Waals surface area contributed by atoms with Crippen molar-refractivity contribution in [3.05, 3.63) is 93.9 Å². The largest absolute Gasteiger partial charge is 0.482 e. The van der Waals surface area contributed by atoms with Crippen molar-refractivity contribution in [3.8, 4) is 17.5 Å². The topological polar surface area (TPSA) is 72.1 Å². The first kappa shape index (κ1) is 20.9. The van der Waals surface area contributed by atoms with E-state index in [9.17, 15) is 22.8 Å². The molecule has 0 atom stereocenters. The fourth-order valence-corrected chi connectivity index (χ4v) is 2.81. The highest BCUT2D eigenvalue weighted by molar-refractivity contribution is 5.97. The van der Waals surface area contributed by atoms with Crippen molar-refractivity contribution in [1.29, 1.82) is 5.26 Å². The molecular formula is C22H15F3N2O3. The molecule has 5 nitrogen and oxygen atoms in total. The fourth-order valence-electron chi connectivity index (χ4n) is 2.81. The number of alkyl halides is 3. The van der Waals surface area contributed by atoms with E-state index in [0.717, 1.165) is 4.57 Å². The Morgan fingerprint density at radius 3 is 2.40 bits per heavy atom. The highest BCUT2D eigenvalue weighted by Crippen LogP contribution is 2.24. The minimum Gasteiger partial charge on any atom is -0.482 e. The number of ether oxygens (including phenoxy) is 1. The van der Waals surface area contributed by atoms with Crippen molar-refractivity contribution in [2.45, 2.75) is 12.6 Å². The Kier molecular flexibility index (Phi) is 6.02. The lowest BCUT2D eigenvalue weighted by Crippen LogP contribution is -2.26. The van der Waals surface area contributed by atoms with Crippen LogP contribution in [0.4, 0.5) is 13.2 Å². The average molecular weight is 412 g/mol. The number of aromatic nitrogens is 1. The van der Waals surface area contributed by atoms with E-state index in [4.69, 9.17) is 10.00 Å². The van der Waals surface area contributed by atoms with Crippen LogP contribution in [0.3, 0.4) is 0 Å². The summed E-state index contributed by atoms with van der Waals surface area (Å²) in [6.45, 7) is -1.50. The van der Waals surface area contributed by atoms with Gasteiger partial charge in [0, 0.05) is 12.6 Å². The minimum absolute atomic E-state index is 0.0584. The van der Waals surface area contributed by atoms with E-state index in [1.807, 2.05) is 6.07 Å². The Hall–Kier alpha value is -3.86. The van der Waals surface area contributed by atoms with Crippen molar-refractivity contribution in [2.24, 2.45) is 0 Å². The van der Waals surface area contributed by atoms with Crippen LogP contribution in [0.15, 0.2) is 71.7 Å². The highest BCUT2D eigenvalue weighted by atomic mass is 19.4. The molecule has 0 amide bonds. The molecule has 3 aromatic rings. The van der Waals surface area contributed by atoms with E-state index in [2.05, 4.69) is 0 Å². The van der Waals surface area contributed by atoms with Gasteiger partial charge in [0.2, 0.25) is 0 Å². The van der Waals surface area contributed by atoms with Gasteiger partial charge in [-0.2, -0.15) is 18.4 Å². The maximum atomic E-state index is 12.9. The summed E-state index contributed by atoms with van der Waals surface area (Å²) in [5.41, 5.74) is 0.401. The van der Waals surface area contributed by atoms with Crippen LogP contribution in [0.25, 0.3) is 5.69 Å². The van der Waals surface area contributed by atoms with E-state index >= 15 is 0 Å². The van der Waals surface area contributed by atoms with Gasteiger partial charge >= 0.3 is 6.18 Å². The lowest BCUT2D eigenvalue weighted by atomic mass is 10.0. The number of pyridine rings is 1. The lowest BCUT2D eigenvalue weighted by Gasteiger charge is -2.15. The maximum absolute atomic E-state index is 12.9. The van der Waals surface area contributed by atoms with Crippen LogP contribution in [0.5, 0.6) is 5.75 Å². The van der Waals surface area contributed by atoms with E-state index in [0.29, 0.717) is 11.1 Å². The monoisotopic (exact) mass is 412 g/mol. The SMILES string of the molecule is N#Cc1ccc(CC(=O)c2cccn(-c3ccccc3OCC(F)(F)F)c2=O)cc1. The number of Topliss-reactive ketones (excluding diaryl/α,β-unsaturated/α-hetero) is 1. The molecule has 0 bridgehead atoms. The van der Waals surface area contributed by atoms with Crippen molar-refractivity contribution in [3.63, 3.8) is 0 Å². The van der Waals surface area contributed by atoms with Crippen LogP contribution < -0.4 is 10.3 Å². The number of carbonyl (C=O) groups excluding carboxylic acids is 1. The summed E-state index contributed by atoms with van der Waals surface area (Å²) in [7, 11) is 0.